The van der Waals surface area contributed by atoms with Crippen LogP contribution in [0.5, 0.6) is 0 Å². The first-order valence-corrected chi connectivity index (χ1v) is 5.05. The molecule has 1 atom stereocenters. The molecule has 1 aromatic carbocycles. The monoisotopic (exact) mass is 206 g/mol. The minimum atomic E-state index is -0.333. The van der Waals surface area contributed by atoms with Crippen LogP contribution in [-0.2, 0) is 15.9 Å². The van der Waals surface area contributed by atoms with Gasteiger partial charge in [-0.15, -0.1) is 0 Å². The molecule has 0 N–H and O–H groups in total. The van der Waals surface area contributed by atoms with Crippen molar-refractivity contribution in [2.75, 3.05) is 13.9 Å². The highest BCUT2D eigenvalue weighted by Crippen LogP contribution is 2.22. The number of Topliss-reactive ketones (excluding diaryl/α,β-unsaturated/α-hetero) is 1. The maximum Gasteiger partial charge on any atom is 0.191 e. The highest BCUT2D eigenvalue weighted by molar-refractivity contribution is 6.01. The van der Waals surface area contributed by atoms with E-state index >= 15 is 0 Å². The average molecular weight is 206 g/mol. The Morgan fingerprint density at radius 2 is 2.20 bits per heavy atom. The molecule has 3 nitrogen and oxygen atoms in total. The lowest BCUT2D eigenvalue weighted by Crippen LogP contribution is -2.30. The van der Waals surface area contributed by atoms with Crippen molar-refractivity contribution in [2.45, 2.75) is 18.9 Å². The number of hydrogen-bond acceptors (Lipinski definition) is 3. The molecule has 1 unspecified atom stereocenters. The van der Waals surface area contributed by atoms with E-state index in [0.29, 0.717) is 0 Å². The molecule has 0 amide bonds. The molecule has 1 aliphatic carbocycles. The maximum atomic E-state index is 11.9. The van der Waals surface area contributed by atoms with Crippen LogP contribution in [0.3, 0.4) is 0 Å². The van der Waals surface area contributed by atoms with Crippen LogP contribution in [-0.4, -0.2) is 25.8 Å². The molecule has 0 fully saturated rings. The summed E-state index contributed by atoms with van der Waals surface area (Å²) in [7, 11) is 1.56. The fourth-order valence-corrected chi connectivity index (χ4v) is 1.88. The van der Waals surface area contributed by atoms with Gasteiger partial charge in [-0.2, -0.15) is 0 Å². The number of ether oxygens (including phenoxy) is 2. The Kier molecular flexibility index (Phi) is 3.14. The third-order valence-corrected chi connectivity index (χ3v) is 2.64. The molecular weight excluding hydrogens is 192 g/mol. The van der Waals surface area contributed by atoms with E-state index in [1.165, 1.54) is 0 Å². The van der Waals surface area contributed by atoms with E-state index in [9.17, 15) is 4.79 Å². The van der Waals surface area contributed by atoms with Gasteiger partial charge in [0, 0.05) is 12.7 Å². The number of benzene rings is 1. The van der Waals surface area contributed by atoms with Crippen molar-refractivity contribution in [2.24, 2.45) is 0 Å². The zero-order chi connectivity index (χ0) is 10.7. The first kappa shape index (κ1) is 10.3. The molecular formula is C12H14O3. The molecule has 2 rings (SSSR count). The molecule has 0 bridgehead atoms. The van der Waals surface area contributed by atoms with Crippen LogP contribution in [0.2, 0.25) is 0 Å². The van der Waals surface area contributed by atoms with E-state index < -0.39 is 0 Å². The molecule has 80 valence electrons. The van der Waals surface area contributed by atoms with Crippen LogP contribution in [0.1, 0.15) is 22.3 Å². The van der Waals surface area contributed by atoms with Crippen LogP contribution in [0.15, 0.2) is 24.3 Å². The third-order valence-electron chi connectivity index (χ3n) is 2.64. The number of fused-ring (bicyclic) bond motifs is 1. The number of carbonyl (C=O) groups excluding carboxylic acids is 1. The van der Waals surface area contributed by atoms with Gasteiger partial charge in [0.2, 0.25) is 0 Å². The summed E-state index contributed by atoms with van der Waals surface area (Å²) < 4.78 is 10.1. The van der Waals surface area contributed by atoms with E-state index in [4.69, 9.17) is 9.47 Å². The van der Waals surface area contributed by atoms with Crippen molar-refractivity contribution in [3.8, 4) is 0 Å². The fourth-order valence-electron chi connectivity index (χ4n) is 1.88. The Bertz CT molecular complexity index is 360. The molecule has 3 heteroatoms. The van der Waals surface area contributed by atoms with Crippen LogP contribution >= 0.6 is 0 Å². The predicted molar refractivity (Wildman–Crippen MR) is 55.8 cm³/mol. The number of hydrogen-bond donors (Lipinski definition) is 0. The van der Waals surface area contributed by atoms with Crippen molar-refractivity contribution in [3.05, 3.63) is 35.4 Å². The zero-order valence-corrected chi connectivity index (χ0v) is 8.73. The van der Waals surface area contributed by atoms with Crippen LogP contribution in [0.25, 0.3) is 0 Å². The summed E-state index contributed by atoms with van der Waals surface area (Å²) >= 11 is 0. The lowest BCUT2D eigenvalue weighted by Gasteiger charge is -2.22. The minimum absolute atomic E-state index is 0.0777. The van der Waals surface area contributed by atoms with Crippen molar-refractivity contribution in [3.63, 3.8) is 0 Å². The molecule has 0 aliphatic heterocycles. The normalized spacial score (nSPS) is 20.1. The summed E-state index contributed by atoms with van der Waals surface area (Å²) in [6, 6.07) is 7.71. The van der Waals surface area contributed by atoms with Crippen molar-refractivity contribution in [1.29, 1.82) is 0 Å². The van der Waals surface area contributed by atoms with Crippen molar-refractivity contribution < 1.29 is 14.3 Å². The number of rotatable bonds is 3. The van der Waals surface area contributed by atoms with Gasteiger partial charge in [0.1, 0.15) is 12.9 Å². The number of carbonyl (C=O) groups is 1. The second-order valence-corrected chi connectivity index (χ2v) is 3.62. The first-order chi connectivity index (χ1) is 7.33. The molecule has 0 saturated carbocycles. The predicted octanol–water partition coefficient (Wildman–Crippen LogP) is 1.80. The largest absolute Gasteiger partial charge is 0.359 e. The topological polar surface area (TPSA) is 35.5 Å². The van der Waals surface area contributed by atoms with E-state index in [-0.39, 0.29) is 18.7 Å². The van der Waals surface area contributed by atoms with Crippen LogP contribution in [0, 0.1) is 0 Å². The molecule has 15 heavy (non-hydrogen) atoms. The van der Waals surface area contributed by atoms with E-state index in [0.717, 1.165) is 24.0 Å². The molecule has 0 spiro atoms. The quantitative estimate of drug-likeness (QED) is 0.707. The second-order valence-electron chi connectivity index (χ2n) is 3.62. The van der Waals surface area contributed by atoms with Gasteiger partial charge in [0.15, 0.2) is 5.78 Å². The number of aryl methyl sites for hydroxylation is 1. The van der Waals surface area contributed by atoms with Crippen LogP contribution < -0.4 is 0 Å². The van der Waals surface area contributed by atoms with Gasteiger partial charge >= 0.3 is 0 Å². The summed E-state index contributed by atoms with van der Waals surface area (Å²) in [6.07, 6.45) is 1.31. The van der Waals surface area contributed by atoms with Gasteiger partial charge in [-0.05, 0) is 18.4 Å². The third kappa shape index (κ3) is 2.08. The number of ketones is 1. The fraction of sp³-hybridized carbons (Fsp3) is 0.417. The smallest absolute Gasteiger partial charge is 0.191 e. The molecule has 1 aliphatic rings. The summed E-state index contributed by atoms with van der Waals surface area (Å²) in [6.45, 7) is 0.179. The summed E-state index contributed by atoms with van der Waals surface area (Å²) in [5.74, 6) is 0.0777. The van der Waals surface area contributed by atoms with Gasteiger partial charge in [-0.25, -0.2) is 0 Å². The summed E-state index contributed by atoms with van der Waals surface area (Å²) in [4.78, 5) is 11.9. The van der Waals surface area contributed by atoms with Gasteiger partial charge in [0.05, 0.1) is 0 Å². The van der Waals surface area contributed by atoms with Gasteiger partial charge in [-0.3, -0.25) is 4.79 Å². The Labute approximate surface area is 89.0 Å². The lowest BCUT2D eigenvalue weighted by molar-refractivity contribution is -0.0627. The Balaban J connectivity index is 2.15. The average Bonchev–Trinajstić information content (AvgIpc) is 2.29. The lowest BCUT2D eigenvalue weighted by atomic mass is 9.89. The van der Waals surface area contributed by atoms with E-state index in [2.05, 4.69) is 0 Å². The van der Waals surface area contributed by atoms with Crippen molar-refractivity contribution in [1.82, 2.24) is 0 Å². The van der Waals surface area contributed by atoms with Crippen LogP contribution in [0.4, 0.5) is 0 Å². The Hall–Kier alpha value is -1.19. The highest BCUT2D eigenvalue weighted by Gasteiger charge is 2.27. The molecule has 1 aromatic rings. The SMILES string of the molecule is COCOC1CCc2ccccc2C1=O. The van der Waals surface area contributed by atoms with E-state index in [1.807, 2.05) is 24.3 Å². The number of methoxy groups -OCH3 is 1. The second kappa shape index (κ2) is 4.55. The zero-order valence-electron chi connectivity index (χ0n) is 8.73. The summed E-state index contributed by atoms with van der Waals surface area (Å²) in [5, 5.41) is 0. The van der Waals surface area contributed by atoms with Gasteiger partial charge < -0.3 is 9.47 Å². The molecule has 0 heterocycles. The molecule has 0 saturated heterocycles. The minimum Gasteiger partial charge on any atom is -0.359 e. The van der Waals surface area contributed by atoms with Crippen molar-refractivity contribution >= 4 is 5.78 Å². The van der Waals surface area contributed by atoms with Gasteiger partial charge in [0.25, 0.3) is 0 Å². The Morgan fingerprint density at radius 1 is 1.40 bits per heavy atom. The molecule has 0 aromatic heterocycles. The Morgan fingerprint density at radius 3 is 3.00 bits per heavy atom. The highest BCUT2D eigenvalue weighted by atomic mass is 16.7. The van der Waals surface area contributed by atoms with E-state index in [1.54, 1.807) is 7.11 Å². The van der Waals surface area contributed by atoms with Gasteiger partial charge in [-0.1, -0.05) is 24.3 Å². The first-order valence-electron chi connectivity index (χ1n) is 5.05. The summed E-state index contributed by atoms with van der Waals surface area (Å²) in [5.41, 5.74) is 1.92. The standard InChI is InChI=1S/C12H14O3/c1-14-8-15-11-7-6-9-4-2-3-5-10(9)12(11)13/h2-5,11H,6-8H2,1H3. The maximum absolute atomic E-state index is 11.9. The molecule has 0 radical (unpaired) electrons.